The van der Waals surface area contributed by atoms with E-state index >= 15 is 0 Å². The Hall–Kier alpha value is -3.27. The number of amides is 1. The molecule has 0 unspecified atom stereocenters. The lowest BCUT2D eigenvalue weighted by molar-refractivity contribution is -0.112. The van der Waals surface area contributed by atoms with E-state index in [0.29, 0.717) is 28.6 Å². The van der Waals surface area contributed by atoms with Crippen LogP contribution in [-0.2, 0) is 18.4 Å². The number of ether oxygens (including phenoxy) is 1. The lowest BCUT2D eigenvalue weighted by Crippen LogP contribution is -2.13. The second kappa shape index (κ2) is 9.28. The summed E-state index contributed by atoms with van der Waals surface area (Å²) in [6, 6.07) is 13.6. The Morgan fingerprint density at radius 2 is 2.03 bits per heavy atom. The average Bonchev–Trinajstić information content (AvgIpc) is 3.12. The fraction of sp³-hybridized carbons (Fsp3) is 0.0952. The Morgan fingerprint density at radius 1 is 1.28 bits per heavy atom. The lowest BCUT2D eigenvalue weighted by atomic mass is 10.1. The van der Waals surface area contributed by atoms with Gasteiger partial charge in [-0.25, -0.2) is 4.98 Å². The summed E-state index contributed by atoms with van der Waals surface area (Å²) in [7, 11) is 1.89. The number of hydrogen-bond acceptors (Lipinski definition) is 4. The molecule has 29 heavy (non-hydrogen) atoms. The van der Waals surface area contributed by atoms with Gasteiger partial charge in [0.1, 0.15) is 29.8 Å². The summed E-state index contributed by atoms with van der Waals surface area (Å²) < 4.78 is 7.57. The fourth-order valence-electron chi connectivity index (χ4n) is 2.44. The highest BCUT2D eigenvalue weighted by Crippen LogP contribution is 2.26. The van der Waals surface area contributed by atoms with Crippen molar-refractivity contribution in [3.8, 4) is 11.8 Å². The van der Waals surface area contributed by atoms with Crippen molar-refractivity contribution in [2.75, 3.05) is 5.32 Å². The molecule has 146 valence electrons. The summed E-state index contributed by atoms with van der Waals surface area (Å²) in [5.74, 6) is 0.895. The molecule has 8 heteroatoms. The van der Waals surface area contributed by atoms with E-state index in [1.54, 1.807) is 42.6 Å². The quantitative estimate of drug-likeness (QED) is 0.451. The number of nitrogens with one attached hydrogen (secondary N) is 1. The van der Waals surface area contributed by atoms with Crippen molar-refractivity contribution in [1.29, 1.82) is 5.26 Å². The van der Waals surface area contributed by atoms with Crippen molar-refractivity contribution in [2.24, 2.45) is 7.05 Å². The van der Waals surface area contributed by atoms with Crippen molar-refractivity contribution < 1.29 is 9.53 Å². The molecule has 0 aliphatic heterocycles. The number of aromatic nitrogens is 2. The molecule has 1 aromatic heterocycles. The first-order valence-electron chi connectivity index (χ1n) is 8.53. The SMILES string of the molecule is Cn1ccnc1COc1ccc(/C=C(\C#N)C(=O)Nc2ccc(Cl)cc2Cl)cc1. The minimum absolute atomic E-state index is 0.0577. The third kappa shape index (κ3) is 5.38. The summed E-state index contributed by atoms with van der Waals surface area (Å²) in [5.41, 5.74) is 1.00. The molecule has 0 atom stereocenters. The van der Waals surface area contributed by atoms with E-state index in [4.69, 9.17) is 27.9 Å². The normalized spacial score (nSPS) is 11.0. The Labute approximate surface area is 178 Å². The maximum absolute atomic E-state index is 12.4. The Bertz CT molecular complexity index is 1100. The minimum Gasteiger partial charge on any atom is -0.486 e. The zero-order chi connectivity index (χ0) is 20.8. The van der Waals surface area contributed by atoms with Crippen molar-refractivity contribution in [3.05, 3.63) is 81.9 Å². The van der Waals surface area contributed by atoms with Crippen LogP contribution in [-0.4, -0.2) is 15.5 Å². The number of carbonyl (C=O) groups excluding carboxylic acids is 1. The Morgan fingerprint density at radius 3 is 2.66 bits per heavy atom. The lowest BCUT2D eigenvalue weighted by Gasteiger charge is -2.08. The van der Waals surface area contributed by atoms with Crippen LogP contribution >= 0.6 is 23.2 Å². The molecule has 0 saturated carbocycles. The highest BCUT2D eigenvalue weighted by Gasteiger charge is 2.12. The monoisotopic (exact) mass is 426 g/mol. The average molecular weight is 427 g/mol. The number of nitriles is 1. The first-order valence-corrected chi connectivity index (χ1v) is 9.29. The van der Waals surface area contributed by atoms with Crippen LogP contribution in [0.3, 0.4) is 0 Å². The van der Waals surface area contributed by atoms with Crippen LogP contribution < -0.4 is 10.1 Å². The van der Waals surface area contributed by atoms with Gasteiger partial charge >= 0.3 is 0 Å². The first kappa shape index (κ1) is 20.5. The molecule has 0 fully saturated rings. The largest absolute Gasteiger partial charge is 0.486 e. The highest BCUT2D eigenvalue weighted by atomic mass is 35.5. The smallest absolute Gasteiger partial charge is 0.266 e. The van der Waals surface area contributed by atoms with E-state index < -0.39 is 5.91 Å². The summed E-state index contributed by atoms with van der Waals surface area (Å²) in [6.45, 7) is 0.340. The van der Waals surface area contributed by atoms with Gasteiger partial charge in [0.25, 0.3) is 5.91 Å². The van der Waals surface area contributed by atoms with Crippen LogP contribution in [0.1, 0.15) is 11.4 Å². The second-order valence-electron chi connectivity index (χ2n) is 6.06. The van der Waals surface area contributed by atoms with Crippen molar-refractivity contribution in [3.63, 3.8) is 0 Å². The maximum Gasteiger partial charge on any atom is 0.266 e. The van der Waals surface area contributed by atoms with Crippen LogP contribution in [0.15, 0.2) is 60.4 Å². The van der Waals surface area contributed by atoms with E-state index in [-0.39, 0.29) is 10.6 Å². The molecule has 0 radical (unpaired) electrons. The zero-order valence-electron chi connectivity index (χ0n) is 15.4. The van der Waals surface area contributed by atoms with Gasteiger partial charge in [-0.1, -0.05) is 35.3 Å². The molecule has 1 heterocycles. The number of halogens is 2. The molecule has 2 aromatic carbocycles. The summed E-state index contributed by atoms with van der Waals surface area (Å²) >= 11 is 11.9. The first-order chi connectivity index (χ1) is 14.0. The van der Waals surface area contributed by atoms with E-state index in [1.165, 1.54) is 12.1 Å². The third-order valence-corrected chi connectivity index (χ3v) is 4.57. The van der Waals surface area contributed by atoms with E-state index in [0.717, 1.165) is 5.82 Å². The van der Waals surface area contributed by atoms with Gasteiger partial charge in [-0.15, -0.1) is 0 Å². The molecule has 0 aliphatic carbocycles. The number of rotatable bonds is 6. The Kier molecular flexibility index (Phi) is 6.55. The van der Waals surface area contributed by atoms with Crippen molar-refractivity contribution >= 4 is 40.9 Å². The number of benzene rings is 2. The molecule has 0 bridgehead atoms. The number of hydrogen-bond donors (Lipinski definition) is 1. The van der Waals surface area contributed by atoms with Gasteiger partial charge in [-0.3, -0.25) is 4.79 Å². The number of carbonyl (C=O) groups is 1. The zero-order valence-corrected chi connectivity index (χ0v) is 16.9. The van der Waals surface area contributed by atoms with Crippen LogP contribution in [0.25, 0.3) is 6.08 Å². The van der Waals surface area contributed by atoms with Crippen LogP contribution in [0.5, 0.6) is 5.75 Å². The van der Waals surface area contributed by atoms with Gasteiger partial charge < -0.3 is 14.6 Å². The second-order valence-corrected chi connectivity index (χ2v) is 6.90. The van der Waals surface area contributed by atoms with Gasteiger partial charge in [-0.2, -0.15) is 5.26 Å². The third-order valence-electron chi connectivity index (χ3n) is 4.02. The van der Waals surface area contributed by atoms with Crippen molar-refractivity contribution in [2.45, 2.75) is 6.61 Å². The van der Waals surface area contributed by atoms with Gasteiger partial charge in [-0.05, 0) is 42.0 Å². The molecule has 0 spiro atoms. The van der Waals surface area contributed by atoms with E-state index in [1.807, 2.05) is 23.9 Å². The fourth-order valence-corrected chi connectivity index (χ4v) is 2.90. The van der Waals surface area contributed by atoms with Gasteiger partial charge in [0.15, 0.2) is 0 Å². The van der Waals surface area contributed by atoms with Gasteiger partial charge in [0.05, 0.1) is 10.7 Å². The van der Waals surface area contributed by atoms with E-state index in [9.17, 15) is 10.1 Å². The number of imidazole rings is 1. The van der Waals surface area contributed by atoms with Gasteiger partial charge in [0.2, 0.25) is 0 Å². The van der Waals surface area contributed by atoms with Crippen LogP contribution in [0.4, 0.5) is 5.69 Å². The van der Waals surface area contributed by atoms with E-state index in [2.05, 4.69) is 10.3 Å². The molecular weight excluding hydrogens is 411 g/mol. The minimum atomic E-state index is -0.563. The standard InChI is InChI=1S/C21H16Cl2N4O2/c1-27-9-8-25-20(27)13-29-17-5-2-14(3-6-17)10-15(12-24)21(28)26-19-7-4-16(22)11-18(19)23/h2-11H,13H2,1H3,(H,26,28)/b15-10+. The molecule has 1 amide bonds. The number of anilines is 1. The van der Waals surface area contributed by atoms with Crippen LogP contribution in [0, 0.1) is 11.3 Å². The number of nitrogens with zero attached hydrogens (tertiary/aromatic N) is 3. The predicted molar refractivity (Wildman–Crippen MR) is 113 cm³/mol. The summed E-state index contributed by atoms with van der Waals surface area (Å²) in [5, 5.41) is 12.7. The molecule has 3 aromatic rings. The maximum atomic E-state index is 12.4. The van der Waals surface area contributed by atoms with Crippen LogP contribution in [0.2, 0.25) is 10.0 Å². The molecule has 0 aliphatic rings. The molecule has 0 saturated heterocycles. The molecule has 6 nitrogen and oxygen atoms in total. The summed E-state index contributed by atoms with van der Waals surface area (Å²) in [6.07, 6.45) is 5.04. The molecule has 1 N–H and O–H groups in total. The van der Waals surface area contributed by atoms with Gasteiger partial charge in [0, 0.05) is 24.5 Å². The topological polar surface area (TPSA) is 79.9 Å². The number of aryl methyl sites for hydroxylation is 1. The predicted octanol–water partition coefficient (Wildman–Crippen LogP) is 4.85. The summed E-state index contributed by atoms with van der Waals surface area (Å²) in [4.78, 5) is 16.6. The molecular formula is C21H16Cl2N4O2. The highest BCUT2D eigenvalue weighted by molar-refractivity contribution is 6.36. The van der Waals surface area contributed by atoms with Crippen molar-refractivity contribution in [1.82, 2.24) is 9.55 Å². The Balaban J connectivity index is 1.67. The molecule has 3 rings (SSSR count).